The van der Waals surface area contributed by atoms with E-state index in [0.717, 1.165) is 10.5 Å². The maximum Gasteiger partial charge on any atom is 0.419 e. The van der Waals surface area contributed by atoms with E-state index >= 15 is 0 Å². The molecule has 16 nitrogen and oxygen atoms in total. The second kappa shape index (κ2) is 21.0. The average molecular weight is 923 g/mol. The van der Waals surface area contributed by atoms with Crippen LogP contribution in [0.5, 0.6) is 0 Å². The van der Waals surface area contributed by atoms with Crippen molar-refractivity contribution in [2.75, 3.05) is 27.3 Å². The Hall–Kier alpha value is -3.54. The first-order chi connectivity index (χ1) is 30.0. The number of halogens is 1. The molecule has 0 radical (unpaired) electrons. The molecule has 0 bridgehead atoms. The molecule has 4 heterocycles. The van der Waals surface area contributed by atoms with Gasteiger partial charge >= 0.3 is 24.2 Å². The number of benzene rings is 1. The van der Waals surface area contributed by atoms with Crippen LogP contribution in [0.4, 0.5) is 14.4 Å². The maximum atomic E-state index is 15.0. The standard InChI is InChI=1S/C47H72ClN3O13/c1-14-33-24-59-44(56)51(33)45(57)62-38-29(8)40(63-42-37(53)34(22-27(6)60-42)49(12)25(3)4)46(10,58-13)23-26(5)36(52)28(7)39-47(11,35(15-2)61-41(54)30(38)9)64-43(55)50(39)21-20-31-16-18-32(48)19-17-31/h16-19,25-30,33-35,37-40,42,53H,14-15,20-24H2,1-13H3/t26-,27-,28+,29+,30-,33+,34+,35-,37-,38+,39-,40-,42?,46+,47-/m1/s1. The second-order valence-electron chi connectivity index (χ2n) is 19.1. The molecule has 15 atom stereocenters. The van der Waals surface area contributed by atoms with Crippen molar-refractivity contribution in [1.29, 1.82) is 0 Å². The molecule has 1 unspecified atom stereocenters. The minimum Gasteiger partial charge on any atom is -0.458 e. The highest BCUT2D eigenvalue weighted by Gasteiger charge is 2.61. The zero-order valence-electron chi connectivity index (χ0n) is 39.9. The summed E-state index contributed by atoms with van der Waals surface area (Å²) in [4.78, 5) is 75.4. The third-order valence-corrected chi connectivity index (χ3v) is 14.7. The molecule has 3 amide bonds. The Balaban J connectivity index is 1.63. The van der Waals surface area contributed by atoms with E-state index in [0.29, 0.717) is 24.3 Å². The number of hydrogen-bond acceptors (Lipinski definition) is 14. The van der Waals surface area contributed by atoms with E-state index in [9.17, 15) is 29.1 Å². The van der Waals surface area contributed by atoms with Gasteiger partial charge in [0.2, 0.25) is 0 Å². The Labute approximate surface area is 383 Å². The van der Waals surface area contributed by atoms with Crippen LogP contribution in [0.25, 0.3) is 0 Å². The second-order valence-corrected chi connectivity index (χ2v) is 19.6. The number of imide groups is 1. The minimum absolute atomic E-state index is 0.0193. The van der Waals surface area contributed by atoms with Crippen molar-refractivity contribution in [3.63, 3.8) is 0 Å². The molecule has 1 aromatic carbocycles. The van der Waals surface area contributed by atoms with Crippen LogP contribution < -0.4 is 0 Å². The van der Waals surface area contributed by atoms with Crippen molar-refractivity contribution in [3.05, 3.63) is 34.9 Å². The van der Waals surface area contributed by atoms with E-state index in [1.165, 1.54) is 7.11 Å². The number of ether oxygens (including phenoxy) is 7. The summed E-state index contributed by atoms with van der Waals surface area (Å²) in [6.07, 6.45) is -7.15. The summed E-state index contributed by atoms with van der Waals surface area (Å²) < 4.78 is 43.7. The molecular weight excluding hydrogens is 850 g/mol. The van der Waals surface area contributed by atoms with Crippen LogP contribution in [0, 0.1) is 23.7 Å². The number of rotatable bonds is 11. The lowest BCUT2D eigenvalue weighted by Crippen LogP contribution is -2.61. The van der Waals surface area contributed by atoms with Gasteiger partial charge in [0.15, 0.2) is 11.9 Å². The van der Waals surface area contributed by atoms with Gasteiger partial charge in [-0.1, -0.05) is 58.4 Å². The predicted molar refractivity (Wildman–Crippen MR) is 236 cm³/mol. The van der Waals surface area contributed by atoms with Gasteiger partial charge in [0, 0.05) is 48.5 Å². The first kappa shape index (κ1) is 51.4. The zero-order chi connectivity index (χ0) is 47.6. The number of carbonyl (C=O) groups is 5. The van der Waals surface area contributed by atoms with E-state index in [1.54, 1.807) is 65.5 Å². The van der Waals surface area contributed by atoms with Crippen LogP contribution in [0.3, 0.4) is 0 Å². The number of hydrogen-bond donors (Lipinski definition) is 1. The summed E-state index contributed by atoms with van der Waals surface area (Å²) in [6.45, 7) is 20.1. The van der Waals surface area contributed by atoms with Gasteiger partial charge in [-0.3, -0.25) is 19.4 Å². The molecule has 5 rings (SSSR count). The van der Waals surface area contributed by atoms with Crippen molar-refractivity contribution < 1.29 is 62.2 Å². The zero-order valence-corrected chi connectivity index (χ0v) is 40.7. The number of amides is 3. The van der Waals surface area contributed by atoms with E-state index < -0.39 is 102 Å². The molecular formula is C47H72ClN3O13. The van der Waals surface area contributed by atoms with Crippen LogP contribution in [0.2, 0.25) is 5.02 Å². The molecule has 0 saturated carbocycles. The van der Waals surface area contributed by atoms with Crippen LogP contribution in [-0.4, -0.2) is 149 Å². The summed E-state index contributed by atoms with van der Waals surface area (Å²) >= 11 is 6.16. The lowest BCUT2D eigenvalue weighted by atomic mass is 9.73. The van der Waals surface area contributed by atoms with E-state index in [2.05, 4.69) is 4.90 Å². The van der Waals surface area contributed by atoms with Crippen molar-refractivity contribution in [1.82, 2.24) is 14.7 Å². The number of likely N-dealkylation sites (N-methyl/N-ethyl adjacent to an activating group) is 1. The molecule has 0 aromatic heterocycles. The van der Waals surface area contributed by atoms with Crippen LogP contribution >= 0.6 is 11.6 Å². The molecule has 0 aliphatic carbocycles. The van der Waals surface area contributed by atoms with Gasteiger partial charge in [0.05, 0.1) is 35.8 Å². The predicted octanol–water partition coefficient (Wildman–Crippen LogP) is 7.03. The lowest BCUT2D eigenvalue weighted by molar-refractivity contribution is -0.302. The molecule has 4 aliphatic rings. The number of aliphatic hydroxyl groups is 1. The number of ketones is 1. The first-order valence-corrected chi connectivity index (χ1v) is 23.3. The molecule has 360 valence electrons. The third-order valence-electron chi connectivity index (χ3n) is 14.4. The van der Waals surface area contributed by atoms with Crippen LogP contribution in [0.1, 0.15) is 107 Å². The number of cyclic esters (lactones) is 2. The third kappa shape index (κ3) is 10.5. The number of fused-ring (bicyclic) bond motifs is 1. The molecule has 4 aliphatic heterocycles. The topological polar surface area (TPSA) is 180 Å². The Morgan fingerprint density at radius 1 is 1.00 bits per heavy atom. The number of esters is 1. The van der Waals surface area contributed by atoms with Crippen molar-refractivity contribution in [3.8, 4) is 0 Å². The van der Waals surface area contributed by atoms with Gasteiger partial charge in [-0.15, -0.1) is 0 Å². The Morgan fingerprint density at radius 2 is 1.66 bits per heavy atom. The Kier molecular flexibility index (Phi) is 16.8. The summed E-state index contributed by atoms with van der Waals surface area (Å²) in [5.74, 6) is -4.68. The highest BCUT2D eigenvalue weighted by molar-refractivity contribution is 6.30. The smallest absolute Gasteiger partial charge is 0.419 e. The number of nitrogens with zero attached hydrogens (tertiary/aromatic N) is 3. The summed E-state index contributed by atoms with van der Waals surface area (Å²) in [5, 5.41) is 12.5. The Morgan fingerprint density at radius 3 is 2.25 bits per heavy atom. The summed E-state index contributed by atoms with van der Waals surface area (Å²) in [7, 11) is 3.41. The summed E-state index contributed by atoms with van der Waals surface area (Å²) in [6, 6.07) is 5.52. The number of carbonyl (C=O) groups excluding carboxylic acids is 5. The Bertz CT molecular complexity index is 1820. The fourth-order valence-corrected chi connectivity index (χ4v) is 10.5. The minimum atomic E-state index is -1.49. The maximum absolute atomic E-state index is 15.0. The lowest BCUT2D eigenvalue weighted by Gasteiger charge is -2.49. The number of methoxy groups -OCH3 is 1. The molecule has 17 heteroatoms. The monoisotopic (exact) mass is 921 g/mol. The molecule has 64 heavy (non-hydrogen) atoms. The molecule has 4 saturated heterocycles. The van der Waals surface area contributed by atoms with Gasteiger partial charge in [0.1, 0.15) is 30.7 Å². The van der Waals surface area contributed by atoms with E-state index in [4.69, 9.17) is 44.8 Å². The average Bonchev–Trinajstić information content (AvgIpc) is 3.76. The quantitative estimate of drug-likeness (QED) is 0.177. The van der Waals surface area contributed by atoms with Gasteiger partial charge in [-0.05, 0) is 98.4 Å². The highest BCUT2D eigenvalue weighted by Crippen LogP contribution is 2.44. The van der Waals surface area contributed by atoms with Crippen molar-refractivity contribution >= 4 is 41.6 Å². The van der Waals surface area contributed by atoms with Crippen LogP contribution in [-0.2, 0) is 49.2 Å². The fraction of sp³-hybridized carbons (Fsp3) is 0.766. The van der Waals surface area contributed by atoms with Crippen molar-refractivity contribution in [2.24, 2.45) is 23.7 Å². The molecule has 1 aromatic rings. The highest BCUT2D eigenvalue weighted by atomic mass is 35.5. The van der Waals surface area contributed by atoms with Gasteiger partial charge in [-0.25, -0.2) is 19.3 Å². The number of aliphatic hydroxyl groups excluding tert-OH is 1. The van der Waals surface area contributed by atoms with Crippen molar-refractivity contribution in [2.45, 2.75) is 180 Å². The normalized spacial score (nSPS) is 37.9. The summed E-state index contributed by atoms with van der Waals surface area (Å²) in [5.41, 5.74) is -1.95. The largest absolute Gasteiger partial charge is 0.458 e. The molecule has 4 fully saturated rings. The number of Topliss-reactive ketones (excluding diaryl/α,β-unsaturated/α-hetero) is 1. The SMILES string of the molecule is CC[C@H]1COC(=O)N1C(=O)O[C@H]1[C@H](C)[C@@H](OC2O[C@H](C)C[C@H](N(C)C(C)C)[C@H]2O)[C@@](C)(OC)C[C@@H](C)C(=O)[C@H](C)[C@H]2N(CCc3ccc(Cl)cc3)C(=O)O[C@]2(C)[C@@H](CC)OC(=O)[C@@H]1C. The van der Waals surface area contributed by atoms with Gasteiger partial charge < -0.3 is 38.3 Å². The van der Waals surface area contributed by atoms with Gasteiger partial charge in [-0.2, -0.15) is 0 Å². The molecule has 1 N–H and O–H groups in total. The van der Waals surface area contributed by atoms with Crippen LogP contribution in [0.15, 0.2) is 24.3 Å². The van der Waals surface area contributed by atoms with E-state index in [1.807, 2.05) is 46.9 Å². The van der Waals surface area contributed by atoms with E-state index in [-0.39, 0.29) is 50.0 Å². The molecule has 0 spiro atoms. The fourth-order valence-electron chi connectivity index (χ4n) is 10.4. The first-order valence-electron chi connectivity index (χ1n) is 22.9. The van der Waals surface area contributed by atoms with Gasteiger partial charge in [0.25, 0.3) is 0 Å².